The molecule has 0 fully saturated rings. The van der Waals surface area contributed by atoms with Crippen LogP contribution in [0.4, 0.5) is 0 Å². The third kappa shape index (κ3) is 3.83. The van der Waals surface area contributed by atoms with Crippen LogP contribution >= 0.6 is 0 Å². The Bertz CT molecular complexity index is 500. The van der Waals surface area contributed by atoms with Gasteiger partial charge in [0.15, 0.2) is 0 Å². The molecule has 0 nitrogen and oxygen atoms in total. The fourth-order valence-electron chi connectivity index (χ4n) is 4.23. The smallest absolute Gasteiger partial charge is 1.00 e. The molecule has 0 heterocycles. The second-order valence-electron chi connectivity index (χ2n) is 6.68. The first-order chi connectivity index (χ1) is 8.67. The molecule has 0 aliphatic heterocycles. The van der Waals surface area contributed by atoms with Gasteiger partial charge in [0.05, 0.1) is 0 Å². The van der Waals surface area contributed by atoms with Crippen LogP contribution in [0, 0.1) is 29.4 Å². The van der Waals surface area contributed by atoms with Crippen LogP contribution in [0.15, 0.2) is 33.4 Å². The second-order valence-corrected chi connectivity index (χ2v) is 6.68. The Hall–Kier alpha value is 0.254. The molecule has 0 aromatic rings. The maximum atomic E-state index is 3.58. The van der Waals surface area contributed by atoms with Crippen molar-refractivity contribution in [3.8, 4) is 0 Å². The van der Waals surface area contributed by atoms with Crippen LogP contribution in [0.2, 0.25) is 0 Å². The molecule has 0 saturated heterocycles. The Labute approximate surface area is 164 Å². The first-order valence-electron chi connectivity index (χ1n) is 7.31. The van der Waals surface area contributed by atoms with Gasteiger partial charge in [0.25, 0.3) is 0 Å². The maximum absolute atomic E-state index is 3.58. The van der Waals surface area contributed by atoms with Crippen molar-refractivity contribution in [3.63, 3.8) is 0 Å². The number of allylic oxidation sites excluding steroid dienone is 8. The molecule has 0 spiro atoms. The molecule has 2 rings (SSSR count). The minimum atomic E-state index is 0. The van der Waals surface area contributed by atoms with Crippen LogP contribution < -0.4 is 24.8 Å². The van der Waals surface area contributed by atoms with E-state index in [0.29, 0.717) is 11.8 Å². The summed E-state index contributed by atoms with van der Waals surface area (Å²) in [4.78, 5) is 0. The predicted molar refractivity (Wildman–Crippen MR) is 82.4 cm³/mol. The van der Waals surface area contributed by atoms with E-state index in [-0.39, 0.29) is 51.9 Å². The SMILES string of the molecule is CC1=[C-]C(C)C(C(C)(C)C2=C(C)C(C)=[C-]C2C)=C1C.[Cl-].[Cl-].[Ti+4]. The van der Waals surface area contributed by atoms with Crippen molar-refractivity contribution in [3.05, 3.63) is 45.6 Å². The standard InChI is InChI=1S/C19H26.2ClH.Ti/c1-11-9-13(3)17(15(11)5)19(7,8)18-14(4)10-12(2)16(18)6;;;/h13-14H,1-8H3;2*1H;/q-2;;;+4/p-2. The van der Waals surface area contributed by atoms with Gasteiger partial charge in [0.1, 0.15) is 0 Å². The first-order valence-corrected chi connectivity index (χ1v) is 7.31. The monoisotopic (exact) mass is 372 g/mol. The summed E-state index contributed by atoms with van der Waals surface area (Å²) in [5, 5.41) is 0. The molecule has 0 aromatic carbocycles. The fourth-order valence-corrected chi connectivity index (χ4v) is 4.23. The summed E-state index contributed by atoms with van der Waals surface area (Å²) < 4.78 is 0. The van der Waals surface area contributed by atoms with E-state index in [2.05, 4.69) is 67.5 Å². The van der Waals surface area contributed by atoms with Crippen LogP contribution in [0.5, 0.6) is 0 Å². The zero-order chi connectivity index (χ0) is 14.5. The topological polar surface area (TPSA) is 0 Å². The summed E-state index contributed by atoms with van der Waals surface area (Å²) in [6, 6.07) is 0. The van der Waals surface area contributed by atoms with Gasteiger partial charge in [-0.15, -0.1) is 13.8 Å². The minimum Gasteiger partial charge on any atom is -1.00 e. The normalized spacial score (nSPS) is 24.4. The molecular weight excluding hydrogens is 347 g/mol. The molecule has 3 heteroatoms. The molecular formula is C19H26Cl2Ti. The van der Waals surface area contributed by atoms with Crippen LogP contribution in [-0.2, 0) is 21.7 Å². The zero-order valence-corrected chi connectivity index (χ0v) is 18.0. The van der Waals surface area contributed by atoms with E-state index in [1.54, 1.807) is 11.1 Å². The maximum Gasteiger partial charge on any atom is 4.00 e. The third-order valence-corrected chi connectivity index (χ3v) is 5.01. The molecule has 2 atom stereocenters. The second kappa shape index (κ2) is 8.38. The van der Waals surface area contributed by atoms with Crippen molar-refractivity contribution in [2.24, 2.45) is 17.3 Å². The average molecular weight is 373 g/mol. The summed E-state index contributed by atoms with van der Waals surface area (Å²) in [6.07, 6.45) is 7.16. The van der Waals surface area contributed by atoms with Gasteiger partial charge in [-0.2, -0.15) is 22.3 Å². The van der Waals surface area contributed by atoms with Gasteiger partial charge in [-0.05, 0) is 5.41 Å². The Morgan fingerprint density at radius 1 is 0.727 bits per heavy atom. The van der Waals surface area contributed by atoms with Crippen LogP contribution in [0.25, 0.3) is 0 Å². The van der Waals surface area contributed by atoms with E-state index >= 15 is 0 Å². The molecule has 0 bridgehead atoms. The van der Waals surface area contributed by atoms with E-state index in [1.165, 1.54) is 22.3 Å². The number of halogens is 2. The van der Waals surface area contributed by atoms with Crippen molar-refractivity contribution < 1.29 is 46.5 Å². The van der Waals surface area contributed by atoms with Crippen LogP contribution in [0.3, 0.4) is 0 Å². The fraction of sp³-hybridized carbons (Fsp3) is 0.579. The van der Waals surface area contributed by atoms with Crippen molar-refractivity contribution in [2.45, 2.75) is 55.4 Å². The number of hydrogen-bond acceptors (Lipinski definition) is 0. The van der Waals surface area contributed by atoms with Crippen LogP contribution in [0.1, 0.15) is 55.4 Å². The Balaban J connectivity index is 0. The summed E-state index contributed by atoms with van der Waals surface area (Å²) in [6.45, 7) is 18.2. The molecule has 0 aromatic heterocycles. The minimum absolute atomic E-state index is 0. The molecule has 0 N–H and O–H groups in total. The van der Waals surface area contributed by atoms with E-state index in [4.69, 9.17) is 0 Å². The Kier molecular flexibility index (Phi) is 9.34. The molecule has 0 radical (unpaired) electrons. The van der Waals surface area contributed by atoms with Crippen molar-refractivity contribution >= 4 is 0 Å². The van der Waals surface area contributed by atoms with Gasteiger partial charge in [-0.3, -0.25) is 12.2 Å². The molecule has 120 valence electrons. The summed E-state index contributed by atoms with van der Waals surface area (Å²) >= 11 is 0. The van der Waals surface area contributed by atoms with Gasteiger partial charge in [-0.1, -0.05) is 53.4 Å². The molecule has 0 amide bonds. The summed E-state index contributed by atoms with van der Waals surface area (Å²) in [5.41, 5.74) is 8.72. The average Bonchev–Trinajstić information content (AvgIpc) is 2.66. The van der Waals surface area contributed by atoms with E-state index in [1.807, 2.05) is 0 Å². The van der Waals surface area contributed by atoms with Crippen molar-refractivity contribution in [1.29, 1.82) is 0 Å². The van der Waals surface area contributed by atoms with Gasteiger partial charge < -0.3 is 24.8 Å². The molecule has 2 aliphatic carbocycles. The molecule has 0 saturated carbocycles. The van der Waals surface area contributed by atoms with E-state index in [9.17, 15) is 0 Å². The molecule has 2 unspecified atom stereocenters. The zero-order valence-electron chi connectivity index (χ0n) is 14.9. The van der Waals surface area contributed by atoms with E-state index < -0.39 is 0 Å². The van der Waals surface area contributed by atoms with Crippen molar-refractivity contribution in [2.75, 3.05) is 0 Å². The summed E-state index contributed by atoms with van der Waals surface area (Å²) in [7, 11) is 0. The van der Waals surface area contributed by atoms with Crippen molar-refractivity contribution in [1.82, 2.24) is 0 Å². The van der Waals surface area contributed by atoms with E-state index in [0.717, 1.165) is 0 Å². The summed E-state index contributed by atoms with van der Waals surface area (Å²) in [5.74, 6) is 0.867. The molecule has 2 aliphatic rings. The van der Waals surface area contributed by atoms with Crippen LogP contribution in [-0.4, -0.2) is 0 Å². The predicted octanol–water partition coefficient (Wildman–Crippen LogP) is -0.551. The number of hydrogen-bond donors (Lipinski definition) is 0. The largest absolute Gasteiger partial charge is 4.00 e. The number of rotatable bonds is 2. The van der Waals surface area contributed by atoms with Gasteiger partial charge in [0, 0.05) is 0 Å². The van der Waals surface area contributed by atoms with Gasteiger partial charge in [0.2, 0.25) is 0 Å². The third-order valence-electron chi connectivity index (χ3n) is 5.01. The van der Waals surface area contributed by atoms with Gasteiger partial charge >= 0.3 is 21.7 Å². The quantitative estimate of drug-likeness (QED) is 0.450. The Morgan fingerprint density at radius 3 is 1.18 bits per heavy atom. The Morgan fingerprint density at radius 2 is 1.00 bits per heavy atom. The van der Waals surface area contributed by atoms with Gasteiger partial charge in [-0.25, -0.2) is 11.1 Å². The molecule has 22 heavy (non-hydrogen) atoms. The first kappa shape index (κ1) is 24.5.